The molecule has 8 heavy (non-hydrogen) atoms. The molecule has 0 saturated heterocycles. The van der Waals surface area contributed by atoms with E-state index in [9.17, 15) is 0 Å². The highest BCUT2D eigenvalue weighted by Gasteiger charge is 2.07. The Morgan fingerprint density at radius 2 is 2.25 bits per heavy atom. The zero-order chi connectivity index (χ0) is 6.57. The molecule has 2 atom stereocenters. The van der Waals surface area contributed by atoms with Gasteiger partial charge in [0.25, 0.3) is 0 Å². The fourth-order valence-electron chi connectivity index (χ4n) is 0.317. The summed E-state index contributed by atoms with van der Waals surface area (Å²) in [4.78, 5) is 0. The molecule has 0 rings (SSSR count). The second kappa shape index (κ2) is 4.22. The Bertz CT molecular complexity index is 70.9. The maximum atomic E-state index is 5.71. The second-order valence-electron chi connectivity index (χ2n) is 1.81. The molecule has 0 N–H and O–H groups in total. The van der Waals surface area contributed by atoms with Gasteiger partial charge in [0.2, 0.25) is 0 Å². The predicted octanol–water partition coefficient (Wildman–Crippen LogP) is 2.65. The second-order valence-corrected chi connectivity index (χ2v) is 2.62. The third-order valence-corrected chi connectivity index (χ3v) is 2.11. The van der Waals surface area contributed by atoms with Crippen LogP contribution in [0.1, 0.15) is 6.92 Å². The van der Waals surface area contributed by atoms with Crippen LogP contribution in [0.4, 0.5) is 0 Å². The van der Waals surface area contributed by atoms with E-state index in [0.29, 0.717) is 11.8 Å². The first-order valence-corrected chi connectivity index (χ1v) is 3.52. The van der Waals surface area contributed by atoms with Crippen LogP contribution in [0.2, 0.25) is 0 Å². The molecule has 2 heteroatoms. The van der Waals surface area contributed by atoms with E-state index in [4.69, 9.17) is 23.2 Å². The summed E-state index contributed by atoms with van der Waals surface area (Å²) in [6, 6.07) is 0. The topological polar surface area (TPSA) is 0 Å². The summed E-state index contributed by atoms with van der Waals surface area (Å²) in [5.74, 6) is 0.927. The normalized spacial score (nSPS) is 17.4. The van der Waals surface area contributed by atoms with Crippen molar-refractivity contribution in [3.05, 3.63) is 12.7 Å². The lowest BCUT2D eigenvalue weighted by Crippen LogP contribution is -2.08. The van der Waals surface area contributed by atoms with Crippen LogP contribution < -0.4 is 0 Å². The summed E-state index contributed by atoms with van der Waals surface area (Å²) in [6.07, 6.45) is 1.70. The van der Waals surface area contributed by atoms with Crippen LogP contribution in [0, 0.1) is 5.92 Å². The average molecular weight is 153 g/mol. The fourth-order valence-corrected chi connectivity index (χ4v) is 0.690. The molecule has 48 valence electrons. The van der Waals surface area contributed by atoms with E-state index in [2.05, 4.69) is 6.58 Å². The van der Waals surface area contributed by atoms with E-state index in [-0.39, 0.29) is 5.38 Å². The average Bonchev–Trinajstić information content (AvgIpc) is 1.84. The predicted molar refractivity (Wildman–Crippen MR) is 39.7 cm³/mol. The van der Waals surface area contributed by atoms with Gasteiger partial charge in [-0.2, -0.15) is 0 Å². The highest BCUT2D eigenvalue weighted by atomic mass is 35.5. The molecule has 0 aromatic carbocycles. The maximum Gasteiger partial charge on any atom is 0.0550 e. The summed E-state index contributed by atoms with van der Waals surface area (Å²) in [6.45, 7) is 5.53. The van der Waals surface area contributed by atoms with Crippen LogP contribution >= 0.6 is 23.2 Å². The van der Waals surface area contributed by atoms with Gasteiger partial charge in [0.05, 0.1) is 5.38 Å². The van der Waals surface area contributed by atoms with Crippen molar-refractivity contribution in [3.8, 4) is 0 Å². The zero-order valence-electron chi connectivity index (χ0n) is 4.90. The Labute approximate surface area is 60.5 Å². The minimum Gasteiger partial charge on any atom is -0.126 e. The van der Waals surface area contributed by atoms with Gasteiger partial charge in [-0.25, -0.2) is 0 Å². The fraction of sp³-hybridized carbons (Fsp3) is 0.667. The van der Waals surface area contributed by atoms with E-state index in [0.717, 1.165) is 0 Å². The monoisotopic (exact) mass is 152 g/mol. The van der Waals surface area contributed by atoms with Gasteiger partial charge in [-0.1, -0.05) is 13.0 Å². The number of alkyl halides is 2. The van der Waals surface area contributed by atoms with Crippen LogP contribution in [-0.4, -0.2) is 11.3 Å². The number of allylic oxidation sites excluding steroid dienone is 1. The Morgan fingerprint density at radius 3 is 2.38 bits per heavy atom. The first-order chi connectivity index (χ1) is 3.72. The van der Waals surface area contributed by atoms with E-state index < -0.39 is 0 Å². The molecule has 0 amide bonds. The Balaban J connectivity index is 3.44. The molecule has 2 unspecified atom stereocenters. The van der Waals surface area contributed by atoms with Crippen molar-refractivity contribution >= 4 is 23.2 Å². The molecule has 0 aliphatic rings. The molecule has 0 aromatic heterocycles. The van der Waals surface area contributed by atoms with E-state index >= 15 is 0 Å². The van der Waals surface area contributed by atoms with Crippen molar-refractivity contribution in [1.29, 1.82) is 0 Å². The van der Waals surface area contributed by atoms with Crippen LogP contribution in [0.25, 0.3) is 0 Å². The van der Waals surface area contributed by atoms with Crippen molar-refractivity contribution in [2.75, 3.05) is 5.88 Å². The lowest BCUT2D eigenvalue weighted by Gasteiger charge is -2.08. The number of halogens is 2. The van der Waals surface area contributed by atoms with Crippen molar-refractivity contribution in [1.82, 2.24) is 0 Å². The van der Waals surface area contributed by atoms with Gasteiger partial charge in [-0.15, -0.1) is 29.8 Å². The summed E-state index contributed by atoms with van der Waals surface area (Å²) in [7, 11) is 0. The molecule has 0 aliphatic carbocycles. The smallest absolute Gasteiger partial charge is 0.0550 e. The molecule has 0 bridgehead atoms. The van der Waals surface area contributed by atoms with Gasteiger partial charge < -0.3 is 0 Å². The molecule has 0 spiro atoms. The Kier molecular flexibility index (Phi) is 4.39. The van der Waals surface area contributed by atoms with Crippen LogP contribution in [0.3, 0.4) is 0 Å². The third kappa shape index (κ3) is 2.58. The van der Waals surface area contributed by atoms with Gasteiger partial charge in [0, 0.05) is 5.88 Å². The first kappa shape index (κ1) is 8.32. The quantitative estimate of drug-likeness (QED) is 0.431. The maximum absolute atomic E-state index is 5.71. The van der Waals surface area contributed by atoms with Crippen molar-refractivity contribution in [2.45, 2.75) is 12.3 Å². The molecule has 0 aliphatic heterocycles. The van der Waals surface area contributed by atoms with Gasteiger partial charge in [-0.3, -0.25) is 0 Å². The highest BCUT2D eigenvalue weighted by Crippen LogP contribution is 2.11. The highest BCUT2D eigenvalue weighted by molar-refractivity contribution is 6.23. The van der Waals surface area contributed by atoms with E-state index in [1.807, 2.05) is 6.92 Å². The van der Waals surface area contributed by atoms with Gasteiger partial charge in [0.1, 0.15) is 0 Å². The summed E-state index contributed by atoms with van der Waals surface area (Å²) >= 11 is 11.2. The van der Waals surface area contributed by atoms with Crippen molar-refractivity contribution in [3.63, 3.8) is 0 Å². The first-order valence-electron chi connectivity index (χ1n) is 2.55. The molecular weight excluding hydrogens is 143 g/mol. The minimum atomic E-state index is 0.0208. The summed E-state index contributed by atoms with van der Waals surface area (Å²) < 4.78 is 0. The molecule has 0 aromatic rings. The lowest BCUT2D eigenvalue weighted by atomic mass is 10.1. The van der Waals surface area contributed by atoms with Crippen LogP contribution in [0.5, 0.6) is 0 Å². The zero-order valence-corrected chi connectivity index (χ0v) is 6.41. The molecular formula is C6H10Cl2. The Hall–Kier alpha value is 0.320. The van der Waals surface area contributed by atoms with Gasteiger partial charge in [0.15, 0.2) is 0 Å². The Morgan fingerprint density at radius 1 is 1.75 bits per heavy atom. The largest absolute Gasteiger partial charge is 0.126 e. The minimum absolute atomic E-state index is 0.0208. The molecule has 0 radical (unpaired) electrons. The molecule has 0 nitrogen and oxygen atoms in total. The van der Waals surface area contributed by atoms with Gasteiger partial charge >= 0.3 is 0 Å². The van der Waals surface area contributed by atoms with Crippen LogP contribution in [-0.2, 0) is 0 Å². The van der Waals surface area contributed by atoms with E-state index in [1.54, 1.807) is 6.08 Å². The third-order valence-electron chi connectivity index (χ3n) is 1.01. The van der Waals surface area contributed by atoms with Crippen molar-refractivity contribution in [2.24, 2.45) is 5.92 Å². The molecule has 0 heterocycles. The SMILES string of the molecule is C=CC(Cl)C(C)CCl. The van der Waals surface area contributed by atoms with E-state index in [1.165, 1.54) is 0 Å². The number of hydrogen-bond acceptors (Lipinski definition) is 0. The molecule has 0 saturated carbocycles. The number of hydrogen-bond donors (Lipinski definition) is 0. The van der Waals surface area contributed by atoms with Gasteiger partial charge in [-0.05, 0) is 5.92 Å². The standard InChI is InChI=1S/C6H10Cl2/c1-3-6(8)5(2)4-7/h3,5-6H,1,4H2,2H3. The summed E-state index contributed by atoms with van der Waals surface area (Å²) in [5, 5.41) is 0.0208. The molecule has 0 fully saturated rings. The number of rotatable bonds is 3. The lowest BCUT2D eigenvalue weighted by molar-refractivity contribution is 0.680. The van der Waals surface area contributed by atoms with Crippen LogP contribution in [0.15, 0.2) is 12.7 Å². The van der Waals surface area contributed by atoms with Crippen molar-refractivity contribution < 1.29 is 0 Å². The summed E-state index contributed by atoms with van der Waals surface area (Å²) in [5.41, 5.74) is 0.